The van der Waals surface area contributed by atoms with E-state index in [0.29, 0.717) is 5.02 Å². The fourth-order valence-electron chi connectivity index (χ4n) is 2.34. The summed E-state index contributed by atoms with van der Waals surface area (Å²) >= 11 is 5.96. The molecule has 2 fully saturated rings. The zero-order chi connectivity index (χ0) is 11.3. The quantitative estimate of drug-likeness (QED) is 0.808. The zero-order valence-corrected chi connectivity index (χ0v) is 9.79. The lowest BCUT2D eigenvalue weighted by molar-refractivity contribution is -0.129. The van der Waals surface area contributed by atoms with E-state index in [1.54, 1.807) is 4.90 Å². The standard InChI is InChI=1S/C12H13ClN2O/c1-15-10(8-3-2-4-9(13)7-8)14-12(5-6-12)11(15)16/h2-4,7,10,14H,5-6H2,1H3. The number of hydrogen-bond acceptors (Lipinski definition) is 2. The van der Waals surface area contributed by atoms with Gasteiger partial charge in [-0.2, -0.15) is 0 Å². The molecule has 1 unspecified atom stereocenters. The molecule has 1 N–H and O–H groups in total. The van der Waals surface area contributed by atoms with Gasteiger partial charge in [0.2, 0.25) is 5.91 Å². The number of amides is 1. The van der Waals surface area contributed by atoms with Crippen LogP contribution in [0.5, 0.6) is 0 Å². The highest BCUT2D eigenvalue weighted by molar-refractivity contribution is 6.30. The van der Waals surface area contributed by atoms with Gasteiger partial charge in [-0.05, 0) is 30.5 Å². The molecule has 0 radical (unpaired) electrons. The van der Waals surface area contributed by atoms with Crippen molar-refractivity contribution >= 4 is 17.5 Å². The Balaban J connectivity index is 1.94. The molecule has 1 aromatic rings. The number of rotatable bonds is 1. The first-order chi connectivity index (χ1) is 7.62. The van der Waals surface area contributed by atoms with Crippen molar-refractivity contribution < 1.29 is 4.79 Å². The van der Waals surface area contributed by atoms with E-state index in [-0.39, 0.29) is 17.6 Å². The molecule has 1 aliphatic carbocycles. The van der Waals surface area contributed by atoms with Crippen molar-refractivity contribution in [3.63, 3.8) is 0 Å². The molecule has 1 heterocycles. The Morgan fingerprint density at radius 1 is 1.50 bits per heavy atom. The maximum absolute atomic E-state index is 12.0. The lowest BCUT2D eigenvalue weighted by Gasteiger charge is -2.19. The number of benzene rings is 1. The number of carbonyl (C=O) groups excluding carboxylic acids is 1. The first-order valence-corrected chi connectivity index (χ1v) is 5.81. The Morgan fingerprint density at radius 2 is 2.25 bits per heavy atom. The second-order valence-corrected chi connectivity index (χ2v) is 5.04. The minimum Gasteiger partial charge on any atom is -0.324 e. The molecule has 4 heteroatoms. The van der Waals surface area contributed by atoms with Gasteiger partial charge in [-0.25, -0.2) is 0 Å². The minimum atomic E-state index is -0.262. The Bertz CT molecular complexity index is 456. The first-order valence-electron chi connectivity index (χ1n) is 5.43. The van der Waals surface area contributed by atoms with E-state index in [1.165, 1.54) is 0 Å². The SMILES string of the molecule is CN1C(=O)C2(CC2)NC1c1cccc(Cl)c1. The summed E-state index contributed by atoms with van der Waals surface area (Å²) in [6, 6.07) is 7.66. The largest absolute Gasteiger partial charge is 0.324 e. The summed E-state index contributed by atoms with van der Waals surface area (Å²) in [6.07, 6.45) is 1.87. The van der Waals surface area contributed by atoms with Gasteiger partial charge in [0.15, 0.2) is 0 Å². The van der Waals surface area contributed by atoms with Gasteiger partial charge in [0.05, 0.1) is 0 Å². The number of nitrogens with one attached hydrogen (secondary N) is 1. The summed E-state index contributed by atoms with van der Waals surface area (Å²) in [5, 5.41) is 4.11. The molecule has 3 rings (SSSR count). The van der Waals surface area contributed by atoms with Gasteiger partial charge in [0.1, 0.15) is 11.7 Å². The number of likely N-dealkylation sites (N-methyl/N-ethyl adjacent to an activating group) is 1. The van der Waals surface area contributed by atoms with Crippen molar-refractivity contribution in [2.45, 2.75) is 24.5 Å². The molecule has 84 valence electrons. The summed E-state index contributed by atoms with van der Waals surface area (Å²) in [5.74, 6) is 0.206. The van der Waals surface area contributed by atoms with Crippen LogP contribution in [0.3, 0.4) is 0 Å². The minimum absolute atomic E-state index is 0.0336. The maximum Gasteiger partial charge on any atom is 0.244 e. The number of hydrogen-bond donors (Lipinski definition) is 1. The van der Waals surface area contributed by atoms with Crippen LogP contribution in [0.2, 0.25) is 5.02 Å². The fourth-order valence-corrected chi connectivity index (χ4v) is 2.54. The Hall–Kier alpha value is -1.06. The Labute approximate surface area is 99.4 Å². The summed E-state index contributed by atoms with van der Waals surface area (Å²) in [7, 11) is 1.84. The van der Waals surface area contributed by atoms with Crippen molar-refractivity contribution in [2.75, 3.05) is 7.05 Å². The van der Waals surface area contributed by atoms with Crippen LogP contribution in [0.1, 0.15) is 24.6 Å². The molecule has 1 aliphatic heterocycles. The van der Waals surface area contributed by atoms with Crippen LogP contribution in [-0.2, 0) is 4.79 Å². The maximum atomic E-state index is 12.0. The molecule has 1 atom stereocenters. The van der Waals surface area contributed by atoms with E-state index in [9.17, 15) is 4.79 Å². The van der Waals surface area contributed by atoms with Crippen molar-refractivity contribution in [1.29, 1.82) is 0 Å². The highest BCUT2D eigenvalue weighted by Crippen LogP contribution is 2.45. The molecule has 1 saturated heterocycles. The molecular weight excluding hydrogens is 224 g/mol. The average Bonchev–Trinajstić information content (AvgIpc) is 3.00. The van der Waals surface area contributed by atoms with E-state index in [4.69, 9.17) is 11.6 Å². The second kappa shape index (κ2) is 3.22. The molecule has 16 heavy (non-hydrogen) atoms. The van der Waals surface area contributed by atoms with Gasteiger partial charge in [0, 0.05) is 12.1 Å². The molecule has 1 spiro atoms. The molecule has 1 saturated carbocycles. The summed E-state index contributed by atoms with van der Waals surface area (Å²) in [5.41, 5.74) is 0.786. The van der Waals surface area contributed by atoms with Gasteiger partial charge >= 0.3 is 0 Å². The van der Waals surface area contributed by atoms with E-state index in [0.717, 1.165) is 18.4 Å². The predicted octanol–water partition coefficient (Wildman–Crippen LogP) is 1.93. The van der Waals surface area contributed by atoms with Crippen molar-refractivity contribution in [1.82, 2.24) is 10.2 Å². The van der Waals surface area contributed by atoms with E-state index in [2.05, 4.69) is 5.32 Å². The zero-order valence-electron chi connectivity index (χ0n) is 9.03. The molecule has 1 aromatic carbocycles. The van der Waals surface area contributed by atoms with E-state index >= 15 is 0 Å². The monoisotopic (exact) mass is 236 g/mol. The molecule has 2 aliphatic rings. The average molecular weight is 237 g/mol. The van der Waals surface area contributed by atoms with Gasteiger partial charge in [-0.3, -0.25) is 10.1 Å². The Morgan fingerprint density at radius 3 is 2.81 bits per heavy atom. The fraction of sp³-hybridized carbons (Fsp3) is 0.417. The van der Waals surface area contributed by atoms with E-state index < -0.39 is 0 Å². The van der Waals surface area contributed by atoms with Gasteiger partial charge < -0.3 is 4.90 Å². The third kappa shape index (κ3) is 1.35. The van der Waals surface area contributed by atoms with Crippen LogP contribution in [0.25, 0.3) is 0 Å². The van der Waals surface area contributed by atoms with Crippen LogP contribution in [0.4, 0.5) is 0 Å². The highest BCUT2D eigenvalue weighted by atomic mass is 35.5. The van der Waals surface area contributed by atoms with Crippen LogP contribution in [0.15, 0.2) is 24.3 Å². The predicted molar refractivity (Wildman–Crippen MR) is 62.1 cm³/mol. The highest BCUT2D eigenvalue weighted by Gasteiger charge is 2.58. The van der Waals surface area contributed by atoms with Gasteiger partial charge in [0.25, 0.3) is 0 Å². The number of halogens is 1. The first kappa shape index (κ1) is 10.1. The van der Waals surface area contributed by atoms with Crippen LogP contribution in [-0.4, -0.2) is 23.4 Å². The third-order valence-electron chi connectivity index (χ3n) is 3.44. The van der Waals surface area contributed by atoms with Gasteiger partial charge in [-0.15, -0.1) is 0 Å². The molecule has 0 bridgehead atoms. The molecule has 0 aromatic heterocycles. The van der Waals surface area contributed by atoms with Crippen LogP contribution >= 0.6 is 11.6 Å². The van der Waals surface area contributed by atoms with Crippen LogP contribution < -0.4 is 5.32 Å². The second-order valence-electron chi connectivity index (χ2n) is 4.60. The van der Waals surface area contributed by atoms with Crippen molar-refractivity contribution in [3.05, 3.63) is 34.9 Å². The normalized spacial score (nSPS) is 26.5. The Kier molecular flexibility index (Phi) is 2.03. The molecule has 1 amide bonds. The summed E-state index contributed by atoms with van der Waals surface area (Å²) < 4.78 is 0. The van der Waals surface area contributed by atoms with Crippen molar-refractivity contribution in [3.8, 4) is 0 Å². The summed E-state index contributed by atoms with van der Waals surface area (Å²) in [4.78, 5) is 13.8. The molecular formula is C12H13ClN2O. The third-order valence-corrected chi connectivity index (χ3v) is 3.68. The summed E-state index contributed by atoms with van der Waals surface area (Å²) in [6.45, 7) is 0. The smallest absolute Gasteiger partial charge is 0.244 e. The van der Waals surface area contributed by atoms with E-state index in [1.807, 2.05) is 31.3 Å². The lowest BCUT2D eigenvalue weighted by atomic mass is 10.1. The van der Waals surface area contributed by atoms with Gasteiger partial charge in [-0.1, -0.05) is 23.7 Å². The molecule has 3 nitrogen and oxygen atoms in total. The van der Waals surface area contributed by atoms with Crippen molar-refractivity contribution in [2.24, 2.45) is 0 Å². The topological polar surface area (TPSA) is 32.3 Å². The number of carbonyl (C=O) groups is 1. The number of nitrogens with zero attached hydrogens (tertiary/aromatic N) is 1. The van der Waals surface area contributed by atoms with Crippen LogP contribution in [0, 0.1) is 0 Å². The lowest BCUT2D eigenvalue weighted by Crippen LogP contribution is -2.30.